The summed E-state index contributed by atoms with van der Waals surface area (Å²) < 4.78 is 1.16. The first-order valence-corrected chi connectivity index (χ1v) is 10.5. The number of amides is 2. The SMILES string of the molecule is Cc1ccccc1C(=O)NC1CCN(C(=O)c2sc3ccccc3c2C)CC1. The molecule has 1 fully saturated rings. The molecule has 0 bridgehead atoms. The van der Waals surface area contributed by atoms with Gasteiger partial charge in [-0.2, -0.15) is 0 Å². The summed E-state index contributed by atoms with van der Waals surface area (Å²) in [7, 11) is 0. The van der Waals surface area contributed by atoms with Crippen LogP contribution in [0.4, 0.5) is 0 Å². The van der Waals surface area contributed by atoms with Gasteiger partial charge in [0.05, 0.1) is 4.88 Å². The summed E-state index contributed by atoms with van der Waals surface area (Å²) in [5.74, 6) is 0.0885. The Labute approximate surface area is 169 Å². The first-order chi connectivity index (χ1) is 13.5. The van der Waals surface area contributed by atoms with Crippen molar-refractivity contribution in [3.63, 3.8) is 0 Å². The lowest BCUT2D eigenvalue weighted by molar-refractivity contribution is 0.0702. The molecule has 2 heterocycles. The van der Waals surface area contributed by atoms with Crippen molar-refractivity contribution in [1.82, 2.24) is 10.2 Å². The molecule has 0 atom stereocenters. The molecule has 144 valence electrons. The molecule has 1 aliphatic rings. The molecule has 0 spiro atoms. The largest absolute Gasteiger partial charge is 0.349 e. The lowest BCUT2D eigenvalue weighted by Crippen LogP contribution is -2.46. The van der Waals surface area contributed by atoms with Crippen molar-refractivity contribution < 1.29 is 9.59 Å². The standard InChI is InChI=1S/C23H24N2O2S/c1-15-7-3-4-8-18(15)22(26)24-17-11-13-25(14-12-17)23(27)21-16(2)19-9-5-6-10-20(19)28-21/h3-10,17H,11-14H2,1-2H3,(H,24,26). The van der Waals surface area contributed by atoms with E-state index in [1.807, 2.05) is 55.1 Å². The fourth-order valence-corrected chi connectivity index (χ4v) is 5.02. The molecule has 2 aromatic carbocycles. The first kappa shape index (κ1) is 18.7. The Morgan fingerprint density at radius 3 is 2.39 bits per heavy atom. The topological polar surface area (TPSA) is 49.4 Å². The maximum Gasteiger partial charge on any atom is 0.264 e. The minimum Gasteiger partial charge on any atom is -0.349 e. The van der Waals surface area contributed by atoms with Crippen LogP contribution in [0.25, 0.3) is 10.1 Å². The van der Waals surface area contributed by atoms with E-state index in [1.165, 1.54) is 0 Å². The number of fused-ring (bicyclic) bond motifs is 1. The van der Waals surface area contributed by atoms with E-state index < -0.39 is 0 Å². The number of rotatable bonds is 3. The number of nitrogens with one attached hydrogen (secondary N) is 1. The summed E-state index contributed by atoms with van der Waals surface area (Å²) in [6, 6.07) is 15.9. The van der Waals surface area contributed by atoms with Gasteiger partial charge in [-0.3, -0.25) is 9.59 Å². The van der Waals surface area contributed by atoms with Crippen molar-refractivity contribution >= 4 is 33.2 Å². The van der Waals surface area contributed by atoms with E-state index in [0.717, 1.165) is 44.5 Å². The number of carbonyl (C=O) groups is 2. The maximum absolute atomic E-state index is 13.0. The summed E-state index contributed by atoms with van der Waals surface area (Å²) in [6.07, 6.45) is 1.57. The molecule has 0 radical (unpaired) electrons. The van der Waals surface area contributed by atoms with E-state index in [4.69, 9.17) is 0 Å². The minimum atomic E-state index is -0.0248. The highest BCUT2D eigenvalue weighted by molar-refractivity contribution is 7.21. The van der Waals surface area contributed by atoms with E-state index in [-0.39, 0.29) is 17.9 Å². The second-order valence-electron chi connectivity index (χ2n) is 7.41. The van der Waals surface area contributed by atoms with Crippen LogP contribution >= 0.6 is 11.3 Å². The molecule has 4 rings (SSSR count). The van der Waals surface area contributed by atoms with E-state index in [0.29, 0.717) is 13.1 Å². The van der Waals surface area contributed by atoms with E-state index in [1.54, 1.807) is 11.3 Å². The molecule has 0 unspecified atom stereocenters. The van der Waals surface area contributed by atoms with E-state index >= 15 is 0 Å². The number of piperidine rings is 1. The number of hydrogen-bond acceptors (Lipinski definition) is 3. The van der Waals surface area contributed by atoms with Crippen molar-refractivity contribution in [3.05, 3.63) is 70.1 Å². The van der Waals surface area contributed by atoms with Crippen LogP contribution in [0.2, 0.25) is 0 Å². The molecule has 5 heteroatoms. The molecule has 0 aliphatic carbocycles. The molecule has 1 saturated heterocycles. The van der Waals surface area contributed by atoms with Crippen molar-refractivity contribution in [2.45, 2.75) is 32.7 Å². The number of carbonyl (C=O) groups excluding carboxylic acids is 2. The zero-order valence-corrected chi connectivity index (χ0v) is 17.0. The molecule has 1 aromatic heterocycles. The van der Waals surface area contributed by atoms with Crippen LogP contribution < -0.4 is 5.32 Å². The van der Waals surface area contributed by atoms with Gasteiger partial charge < -0.3 is 10.2 Å². The summed E-state index contributed by atoms with van der Waals surface area (Å²) in [6.45, 7) is 5.32. The number of aryl methyl sites for hydroxylation is 2. The summed E-state index contributed by atoms with van der Waals surface area (Å²) in [5.41, 5.74) is 2.77. The van der Waals surface area contributed by atoms with Crippen molar-refractivity contribution in [3.8, 4) is 0 Å². The highest BCUT2D eigenvalue weighted by Gasteiger charge is 2.27. The van der Waals surface area contributed by atoms with Gasteiger partial charge in [0.1, 0.15) is 0 Å². The van der Waals surface area contributed by atoms with Gasteiger partial charge >= 0.3 is 0 Å². The fraction of sp³-hybridized carbons (Fsp3) is 0.304. The number of likely N-dealkylation sites (tertiary alicyclic amines) is 1. The Bertz CT molecular complexity index is 1030. The molecule has 1 aliphatic heterocycles. The van der Waals surface area contributed by atoms with Crippen LogP contribution in [-0.2, 0) is 0 Å². The van der Waals surface area contributed by atoms with Crippen molar-refractivity contribution in [2.75, 3.05) is 13.1 Å². The van der Waals surface area contributed by atoms with Gasteiger partial charge in [0.2, 0.25) is 0 Å². The highest BCUT2D eigenvalue weighted by Crippen LogP contribution is 2.32. The van der Waals surface area contributed by atoms with Crippen LogP contribution in [0.15, 0.2) is 48.5 Å². The maximum atomic E-state index is 13.0. The Morgan fingerprint density at radius 1 is 1.00 bits per heavy atom. The second-order valence-corrected chi connectivity index (χ2v) is 8.46. The Hall–Kier alpha value is -2.66. The predicted octanol–water partition coefficient (Wildman–Crippen LogP) is 4.55. The van der Waals surface area contributed by atoms with Crippen LogP contribution in [-0.4, -0.2) is 35.8 Å². The van der Waals surface area contributed by atoms with Crippen LogP contribution in [0.5, 0.6) is 0 Å². The Balaban J connectivity index is 1.40. The zero-order chi connectivity index (χ0) is 19.7. The number of nitrogens with zero attached hydrogens (tertiary/aromatic N) is 1. The molecule has 4 nitrogen and oxygen atoms in total. The minimum absolute atomic E-state index is 0.0248. The monoisotopic (exact) mass is 392 g/mol. The van der Waals surface area contributed by atoms with Gasteiger partial charge in [0, 0.05) is 29.4 Å². The number of thiophene rings is 1. The molecule has 3 aromatic rings. The first-order valence-electron chi connectivity index (χ1n) is 9.68. The molecule has 1 N–H and O–H groups in total. The summed E-state index contributed by atoms with van der Waals surface area (Å²) in [4.78, 5) is 28.3. The van der Waals surface area contributed by atoms with Crippen LogP contribution in [0, 0.1) is 13.8 Å². The quantitative estimate of drug-likeness (QED) is 0.711. The van der Waals surface area contributed by atoms with Crippen molar-refractivity contribution in [1.29, 1.82) is 0 Å². The second kappa shape index (κ2) is 7.76. The van der Waals surface area contributed by atoms with Crippen LogP contribution in [0.3, 0.4) is 0 Å². The number of hydrogen-bond donors (Lipinski definition) is 1. The lowest BCUT2D eigenvalue weighted by Gasteiger charge is -2.32. The highest BCUT2D eigenvalue weighted by atomic mass is 32.1. The average Bonchev–Trinajstić information content (AvgIpc) is 3.05. The zero-order valence-electron chi connectivity index (χ0n) is 16.2. The summed E-state index contributed by atoms with van der Waals surface area (Å²) in [5, 5.41) is 4.30. The van der Waals surface area contributed by atoms with Gasteiger partial charge in [-0.25, -0.2) is 0 Å². The van der Waals surface area contributed by atoms with Crippen LogP contribution in [0.1, 0.15) is 44.0 Å². The van der Waals surface area contributed by atoms with Gasteiger partial charge in [-0.1, -0.05) is 36.4 Å². The molecule has 2 amide bonds. The van der Waals surface area contributed by atoms with Gasteiger partial charge in [0.15, 0.2) is 0 Å². The molecular weight excluding hydrogens is 368 g/mol. The third-order valence-corrected chi connectivity index (χ3v) is 6.81. The normalized spacial score (nSPS) is 15.0. The van der Waals surface area contributed by atoms with Crippen molar-refractivity contribution in [2.24, 2.45) is 0 Å². The fourth-order valence-electron chi connectivity index (χ4n) is 3.84. The predicted molar refractivity (Wildman–Crippen MR) is 114 cm³/mol. The van der Waals surface area contributed by atoms with Gasteiger partial charge in [-0.05, 0) is 55.3 Å². The third-order valence-electron chi connectivity index (χ3n) is 5.55. The third kappa shape index (κ3) is 3.54. The molecule has 28 heavy (non-hydrogen) atoms. The smallest absolute Gasteiger partial charge is 0.264 e. The number of benzene rings is 2. The molecule has 0 saturated carbocycles. The van der Waals surface area contributed by atoms with E-state index in [9.17, 15) is 9.59 Å². The van der Waals surface area contributed by atoms with E-state index in [2.05, 4.69) is 17.4 Å². The summed E-state index contributed by atoms with van der Waals surface area (Å²) >= 11 is 1.58. The Morgan fingerprint density at radius 2 is 1.68 bits per heavy atom. The average molecular weight is 393 g/mol. The van der Waals surface area contributed by atoms with Gasteiger partial charge in [-0.15, -0.1) is 11.3 Å². The molecular formula is C23H24N2O2S. The van der Waals surface area contributed by atoms with Gasteiger partial charge in [0.25, 0.3) is 11.8 Å². The lowest BCUT2D eigenvalue weighted by atomic mass is 10.0. The Kier molecular flexibility index (Phi) is 5.18.